The number of allylic oxidation sites excluding steroid dienone is 13. The zero-order valence-electron chi connectivity index (χ0n) is 24.7. The van der Waals surface area contributed by atoms with Crippen LogP contribution < -0.4 is 0 Å². The number of rotatable bonds is 18. The Bertz CT molecular complexity index is 1080. The third-order valence-corrected chi connectivity index (χ3v) is 6.61. The molecule has 0 aliphatic heterocycles. The van der Waals surface area contributed by atoms with Gasteiger partial charge in [0.1, 0.15) is 0 Å². The van der Waals surface area contributed by atoms with Crippen LogP contribution in [-0.2, 0) is 4.74 Å². The van der Waals surface area contributed by atoms with E-state index in [2.05, 4.69) is 67.2 Å². The van der Waals surface area contributed by atoms with Crippen molar-refractivity contribution in [2.45, 2.75) is 67.2 Å². The monoisotopic (exact) mass is 546 g/mol. The Balaban J connectivity index is 5.40. The molecule has 0 saturated carbocycles. The standard InChI is InChI=1S/C34H46F4O/c1-13-20-39-30(12)34(38)33(37)29(11)26(8)19-18-25(7)28(10)32(36)31(35)27(9)24(6)17-16-23(5)22(4)15-14-21(2)3/h17-19,21-23H,7-16,20H2,1-6H3/b19-18-,24-17+,32-31-,34-33-. The Morgan fingerprint density at radius 3 is 1.62 bits per heavy atom. The molecule has 0 aromatic heterocycles. The van der Waals surface area contributed by atoms with Gasteiger partial charge in [0.2, 0.25) is 5.83 Å². The van der Waals surface area contributed by atoms with Crippen LogP contribution in [0.3, 0.4) is 0 Å². The fourth-order valence-corrected chi connectivity index (χ4v) is 3.26. The van der Waals surface area contributed by atoms with Gasteiger partial charge in [0.05, 0.1) is 6.61 Å². The van der Waals surface area contributed by atoms with Gasteiger partial charge in [-0.1, -0.05) is 105 Å². The quantitative estimate of drug-likeness (QED) is 0.0944. The number of hydrogen-bond donors (Lipinski definition) is 0. The van der Waals surface area contributed by atoms with E-state index in [9.17, 15) is 17.6 Å². The number of hydrogen-bond acceptors (Lipinski definition) is 1. The summed E-state index contributed by atoms with van der Waals surface area (Å²) in [5, 5.41) is 0. The molecule has 2 atom stereocenters. The first-order chi connectivity index (χ1) is 18.1. The van der Waals surface area contributed by atoms with Gasteiger partial charge < -0.3 is 4.74 Å². The van der Waals surface area contributed by atoms with Crippen molar-refractivity contribution in [3.05, 3.63) is 120 Å². The molecule has 0 radical (unpaired) electrons. The highest BCUT2D eigenvalue weighted by Crippen LogP contribution is 2.32. The summed E-state index contributed by atoms with van der Waals surface area (Å²) in [6, 6.07) is 0. The first-order valence-electron chi connectivity index (χ1n) is 13.3. The molecule has 0 aromatic rings. The van der Waals surface area contributed by atoms with Crippen LogP contribution in [0.15, 0.2) is 120 Å². The molecule has 0 aliphatic carbocycles. The second kappa shape index (κ2) is 17.5. The van der Waals surface area contributed by atoms with Gasteiger partial charge in [-0.15, -0.1) is 0 Å². The minimum Gasteiger partial charge on any atom is -0.491 e. The minimum atomic E-state index is -1.29. The van der Waals surface area contributed by atoms with Gasteiger partial charge in [-0.25, -0.2) is 13.2 Å². The highest BCUT2D eigenvalue weighted by atomic mass is 19.2. The van der Waals surface area contributed by atoms with E-state index in [-0.39, 0.29) is 34.5 Å². The maximum absolute atomic E-state index is 14.9. The van der Waals surface area contributed by atoms with Crippen LogP contribution in [0.1, 0.15) is 67.2 Å². The Hall–Kier alpha value is -3.08. The molecular formula is C34H46F4O. The van der Waals surface area contributed by atoms with E-state index in [1.807, 2.05) is 13.0 Å². The largest absolute Gasteiger partial charge is 0.491 e. The maximum atomic E-state index is 14.9. The predicted octanol–water partition coefficient (Wildman–Crippen LogP) is 11.6. The van der Waals surface area contributed by atoms with Gasteiger partial charge >= 0.3 is 0 Å². The molecule has 2 unspecified atom stereocenters. The van der Waals surface area contributed by atoms with E-state index in [4.69, 9.17) is 4.74 Å². The lowest BCUT2D eigenvalue weighted by molar-refractivity contribution is 0.208. The molecule has 0 rings (SSSR count). The van der Waals surface area contributed by atoms with Gasteiger partial charge in [0, 0.05) is 16.7 Å². The zero-order valence-corrected chi connectivity index (χ0v) is 24.7. The van der Waals surface area contributed by atoms with Gasteiger partial charge in [-0.05, 0) is 54.2 Å². The van der Waals surface area contributed by atoms with Crippen LogP contribution in [-0.4, -0.2) is 6.61 Å². The lowest BCUT2D eigenvalue weighted by Crippen LogP contribution is -2.08. The molecule has 1 nitrogen and oxygen atoms in total. The zero-order chi connectivity index (χ0) is 30.4. The van der Waals surface area contributed by atoms with Crippen molar-refractivity contribution in [2.24, 2.45) is 17.8 Å². The van der Waals surface area contributed by atoms with Gasteiger partial charge in [0.15, 0.2) is 23.2 Å². The predicted molar refractivity (Wildman–Crippen MR) is 159 cm³/mol. The molecule has 39 heavy (non-hydrogen) atoms. The van der Waals surface area contributed by atoms with Crippen LogP contribution in [0.2, 0.25) is 0 Å². The molecule has 0 heterocycles. The van der Waals surface area contributed by atoms with E-state index in [0.29, 0.717) is 29.7 Å². The molecule has 0 N–H and O–H groups in total. The van der Waals surface area contributed by atoms with Crippen molar-refractivity contribution in [3.8, 4) is 0 Å². The Morgan fingerprint density at radius 2 is 1.15 bits per heavy atom. The molecule has 0 amide bonds. The van der Waals surface area contributed by atoms with E-state index in [1.165, 1.54) is 12.2 Å². The molecule has 0 fully saturated rings. The maximum Gasteiger partial charge on any atom is 0.200 e. The summed E-state index contributed by atoms with van der Waals surface area (Å²) in [4.78, 5) is 0. The lowest BCUT2D eigenvalue weighted by atomic mass is 9.86. The smallest absolute Gasteiger partial charge is 0.200 e. The van der Waals surface area contributed by atoms with Gasteiger partial charge in [-0.2, -0.15) is 4.39 Å². The summed E-state index contributed by atoms with van der Waals surface area (Å²) in [7, 11) is 0. The second-order valence-electron chi connectivity index (χ2n) is 10.4. The fourth-order valence-electron chi connectivity index (χ4n) is 3.26. The third kappa shape index (κ3) is 12.1. The SMILES string of the molecule is C=C(/C=C\C(=C)C(=C)/C(F)=C(/F)C(=C)/C(C)=C/CC(C)C(C)CCC(C)C)C(=C)/C(F)=C(/F)C(=C)OCCC. The van der Waals surface area contributed by atoms with Crippen LogP contribution in [0, 0.1) is 17.8 Å². The molecule has 0 spiro atoms. The topological polar surface area (TPSA) is 9.23 Å². The van der Waals surface area contributed by atoms with Crippen LogP contribution >= 0.6 is 0 Å². The van der Waals surface area contributed by atoms with E-state index < -0.39 is 29.1 Å². The van der Waals surface area contributed by atoms with E-state index in [1.54, 1.807) is 6.92 Å². The lowest BCUT2D eigenvalue weighted by Gasteiger charge is -2.20. The van der Waals surface area contributed by atoms with Crippen LogP contribution in [0.25, 0.3) is 0 Å². The Kier molecular flexibility index (Phi) is 16.1. The third-order valence-electron chi connectivity index (χ3n) is 6.61. The van der Waals surface area contributed by atoms with Crippen molar-refractivity contribution in [3.63, 3.8) is 0 Å². The molecule has 0 aromatic carbocycles. The molecule has 0 aliphatic rings. The Labute approximate surface area is 234 Å². The first kappa shape index (κ1) is 35.9. The van der Waals surface area contributed by atoms with Crippen LogP contribution in [0.5, 0.6) is 0 Å². The summed E-state index contributed by atoms with van der Waals surface area (Å²) >= 11 is 0. The normalized spacial score (nSPS) is 14.9. The minimum absolute atomic E-state index is 0.00955. The summed E-state index contributed by atoms with van der Waals surface area (Å²) < 4.78 is 63.4. The van der Waals surface area contributed by atoms with Gasteiger partial charge in [-0.3, -0.25) is 0 Å². The average Bonchev–Trinajstić information content (AvgIpc) is 2.92. The molecule has 0 bridgehead atoms. The summed E-state index contributed by atoms with van der Waals surface area (Å²) in [5.41, 5.74) is -0.192. The van der Waals surface area contributed by atoms with Crippen molar-refractivity contribution >= 4 is 0 Å². The highest BCUT2D eigenvalue weighted by Gasteiger charge is 2.18. The van der Waals surface area contributed by atoms with E-state index in [0.717, 1.165) is 19.3 Å². The molecular weight excluding hydrogens is 500 g/mol. The number of ether oxygens (including phenoxy) is 1. The Morgan fingerprint density at radius 1 is 0.692 bits per heavy atom. The van der Waals surface area contributed by atoms with Crippen molar-refractivity contribution < 1.29 is 22.3 Å². The first-order valence-corrected chi connectivity index (χ1v) is 13.3. The second-order valence-corrected chi connectivity index (χ2v) is 10.4. The average molecular weight is 547 g/mol. The van der Waals surface area contributed by atoms with Crippen LogP contribution in [0.4, 0.5) is 17.6 Å². The number of halogens is 4. The molecule has 5 heteroatoms. The van der Waals surface area contributed by atoms with Crippen molar-refractivity contribution in [1.82, 2.24) is 0 Å². The van der Waals surface area contributed by atoms with Gasteiger partial charge in [0.25, 0.3) is 0 Å². The van der Waals surface area contributed by atoms with Crippen molar-refractivity contribution in [1.29, 1.82) is 0 Å². The fraction of sp³-hybridized carbons (Fsp3) is 0.412. The van der Waals surface area contributed by atoms with E-state index >= 15 is 0 Å². The molecule has 0 saturated heterocycles. The summed E-state index contributed by atoms with van der Waals surface area (Å²) in [5.74, 6) is -3.81. The summed E-state index contributed by atoms with van der Waals surface area (Å²) in [6.07, 6.45) is 7.99. The highest BCUT2D eigenvalue weighted by molar-refractivity contribution is 5.55. The molecule has 216 valence electrons. The summed E-state index contributed by atoms with van der Waals surface area (Å²) in [6.45, 7) is 33.9. The van der Waals surface area contributed by atoms with Crippen molar-refractivity contribution in [2.75, 3.05) is 6.61 Å².